The first-order valence-electron chi connectivity index (χ1n) is 6.87. The molecule has 0 spiro atoms. The minimum atomic E-state index is 0. The quantitative estimate of drug-likeness (QED) is 0.874. The molecule has 1 aromatic rings. The van der Waals surface area contributed by atoms with Crippen LogP contribution in [0.25, 0.3) is 0 Å². The minimum absolute atomic E-state index is 0. The Morgan fingerprint density at radius 1 is 1.40 bits per heavy atom. The minimum Gasteiger partial charge on any atom is -0.325 e. The number of carbonyl (C=O) groups excluding carboxylic acids is 1. The molecule has 0 unspecified atom stereocenters. The molecule has 5 heteroatoms. The fourth-order valence-electron chi connectivity index (χ4n) is 2.24. The van der Waals surface area contributed by atoms with Crippen LogP contribution in [0.5, 0.6) is 0 Å². The zero-order chi connectivity index (χ0) is 13.8. The van der Waals surface area contributed by atoms with Crippen molar-refractivity contribution in [2.75, 3.05) is 32.0 Å². The topological polar surface area (TPSA) is 44.4 Å². The lowest BCUT2D eigenvalue weighted by molar-refractivity contribution is -0.117. The number of nitrogens with one attached hydrogen (secondary N) is 2. The average Bonchev–Trinajstić information content (AvgIpc) is 2.26. The number of likely N-dealkylation sites (N-methyl/N-ethyl adjacent to an activating group) is 1. The van der Waals surface area contributed by atoms with Gasteiger partial charge in [0.1, 0.15) is 0 Å². The van der Waals surface area contributed by atoms with Crippen LogP contribution < -0.4 is 10.6 Å². The van der Waals surface area contributed by atoms with Gasteiger partial charge in [0.15, 0.2) is 0 Å². The Morgan fingerprint density at radius 3 is 2.60 bits per heavy atom. The van der Waals surface area contributed by atoms with Crippen LogP contribution >= 0.6 is 12.4 Å². The fraction of sp³-hybridized carbons (Fsp3) is 0.533. The summed E-state index contributed by atoms with van der Waals surface area (Å²) < 4.78 is 0. The first-order chi connectivity index (χ1) is 9.08. The molecule has 1 fully saturated rings. The van der Waals surface area contributed by atoms with Gasteiger partial charge in [-0.05, 0) is 24.6 Å². The summed E-state index contributed by atoms with van der Waals surface area (Å²) in [6.45, 7) is 6.67. The van der Waals surface area contributed by atoms with Gasteiger partial charge in [-0.25, -0.2) is 0 Å². The van der Waals surface area contributed by atoms with Crippen LogP contribution in [-0.2, 0) is 4.79 Å². The Bertz CT molecular complexity index is 446. The van der Waals surface area contributed by atoms with E-state index in [1.54, 1.807) is 0 Å². The van der Waals surface area contributed by atoms with Gasteiger partial charge in [-0.3, -0.25) is 9.69 Å². The monoisotopic (exact) mass is 297 g/mol. The van der Waals surface area contributed by atoms with Crippen LogP contribution in [-0.4, -0.2) is 43.5 Å². The molecule has 2 rings (SSSR count). The molecule has 1 saturated heterocycles. The van der Waals surface area contributed by atoms with E-state index < -0.39 is 0 Å². The van der Waals surface area contributed by atoms with Gasteiger partial charge in [-0.15, -0.1) is 12.4 Å². The van der Waals surface area contributed by atoms with Crippen molar-refractivity contribution in [1.82, 2.24) is 10.2 Å². The second kappa shape index (κ2) is 7.62. The summed E-state index contributed by atoms with van der Waals surface area (Å²) in [5.41, 5.74) is 2.12. The van der Waals surface area contributed by atoms with Crippen molar-refractivity contribution in [2.24, 2.45) is 0 Å². The molecule has 0 radical (unpaired) electrons. The van der Waals surface area contributed by atoms with Gasteiger partial charge >= 0.3 is 0 Å². The summed E-state index contributed by atoms with van der Waals surface area (Å²) in [5, 5.41) is 6.24. The number of hydrogen-bond acceptors (Lipinski definition) is 3. The molecule has 0 atom stereocenters. The Morgan fingerprint density at radius 2 is 2.05 bits per heavy atom. The highest BCUT2D eigenvalue weighted by atomic mass is 35.5. The van der Waals surface area contributed by atoms with E-state index in [0.29, 0.717) is 18.5 Å². The third-order valence-corrected chi connectivity index (χ3v) is 3.63. The van der Waals surface area contributed by atoms with E-state index in [4.69, 9.17) is 0 Å². The van der Waals surface area contributed by atoms with Crippen molar-refractivity contribution in [2.45, 2.75) is 25.8 Å². The summed E-state index contributed by atoms with van der Waals surface area (Å²) in [4.78, 5) is 14.2. The van der Waals surface area contributed by atoms with Gasteiger partial charge in [0.2, 0.25) is 5.91 Å². The van der Waals surface area contributed by atoms with Crippen LogP contribution in [0.2, 0.25) is 0 Å². The molecule has 1 aliphatic heterocycles. The average molecular weight is 298 g/mol. The second-order valence-corrected chi connectivity index (χ2v) is 5.52. The van der Waals surface area contributed by atoms with E-state index in [1.807, 2.05) is 25.2 Å². The summed E-state index contributed by atoms with van der Waals surface area (Å²) in [7, 11) is 2.00. The number of halogens is 1. The maximum Gasteiger partial charge on any atom is 0.238 e. The lowest BCUT2D eigenvalue weighted by Gasteiger charge is -2.35. The van der Waals surface area contributed by atoms with Gasteiger partial charge in [0.05, 0.1) is 6.54 Å². The molecule has 0 saturated carbocycles. The van der Waals surface area contributed by atoms with Crippen molar-refractivity contribution in [3.63, 3.8) is 0 Å². The maximum absolute atomic E-state index is 12.1. The van der Waals surface area contributed by atoms with Crippen molar-refractivity contribution in [1.29, 1.82) is 0 Å². The number of nitrogens with zero attached hydrogens (tertiary/aromatic N) is 1. The number of rotatable bonds is 5. The maximum atomic E-state index is 12.1. The van der Waals surface area contributed by atoms with Gasteiger partial charge in [0, 0.05) is 24.8 Å². The summed E-state index contributed by atoms with van der Waals surface area (Å²) in [6.07, 6.45) is 0. The molecule has 1 aliphatic rings. The normalized spacial score (nSPS) is 14.8. The third kappa shape index (κ3) is 4.20. The van der Waals surface area contributed by atoms with E-state index in [-0.39, 0.29) is 18.3 Å². The van der Waals surface area contributed by atoms with Gasteiger partial charge in [0.25, 0.3) is 0 Å². The smallest absolute Gasteiger partial charge is 0.238 e. The van der Waals surface area contributed by atoms with E-state index in [2.05, 4.69) is 35.4 Å². The van der Waals surface area contributed by atoms with E-state index in [0.717, 1.165) is 18.8 Å². The van der Waals surface area contributed by atoms with Gasteiger partial charge in [-0.2, -0.15) is 0 Å². The van der Waals surface area contributed by atoms with Gasteiger partial charge in [-0.1, -0.05) is 32.0 Å². The molecular formula is C15H24ClN3O. The predicted molar refractivity (Wildman–Crippen MR) is 85.7 cm³/mol. The lowest BCUT2D eigenvalue weighted by Crippen LogP contribution is -2.57. The zero-order valence-corrected chi connectivity index (χ0v) is 13.2. The molecule has 0 bridgehead atoms. The fourth-order valence-corrected chi connectivity index (χ4v) is 2.24. The molecule has 2 N–H and O–H groups in total. The van der Waals surface area contributed by atoms with E-state index >= 15 is 0 Å². The molecule has 1 heterocycles. The van der Waals surface area contributed by atoms with Crippen LogP contribution in [0.15, 0.2) is 24.3 Å². The van der Waals surface area contributed by atoms with E-state index in [1.165, 1.54) is 5.56 Å². The lowest BCUT2D eigenvalue weighted by atomic mass is 10.0. The van der Waals surface area contributed by atoms with Crippen LogP contribution in [0.1, 0.15) is 25.3 Å². The van der Waals surface area contributed by atoms with Crippen LogP contribution in [0.3, 0.4) is 0 Å². The number of hydrogen-bond donors (Lipinski definition) is 2. The number of carbonyl (C=O) groups is 1. The second-order valence-electron chi connectivity index (χ2n) is 5.52. The van der Waals surface area contributed by atoms with Crippen molar-refractivity contribution in [3.05, 3.63) is 29.8 Å². The first kappa shape index (κ1) is 17.0. The molecule has 1 amide bonds. The third-order valence-electron chi connectivity index (χ3n) is 3.63. The van der Waals surface area contributed by atoms with Crippen molar-refractivity contribution >= 4 is 24.0 Å². The standard InChI is InChI=1S/C15H23N3O.ClH/c1-11(2)13-6-4-5-7-14(13)17-15(19)10-18(3)12-8-16-9-12;/h4-7,11-12,16H,8-10H2,1-3H3,(H,17,19);1H. The number of amides is 1. The first-order valence-corrected chi connectivity index (χ1v) is 6.87. The summed E-state index contributed by atoms with van der Waals surface area (Å²) >= 11 is 0. The molecule has 4 nitrogen and oxygen atoms in total. The van der Waals surface area contributed by atoms with Crippen molar-refractivity contribution < 1.29 is 4.79 Å². The Kier molecular flexibility index (Phi) is 6.46. The highest BCUT2D eigenvalue weighted by Gasteiger charge is 2.23. The Balaban J connectivity index is 0.00000200. The zero-order valence-electron chi connectivity index (χ0n) is 12.3. The van der Waals surface area contributed by atoms with Crippen molar-refractivity contribution in [3.8, 4) is 0 Å². The predicted octanol–water partition coefficient (Wildman–Crippen LogP) is 2.07. The number of anilines is 1. The molecule has 112 valence electrons. The van der Waals surface area contributed by atoms with Crippen LogP contribution in [0, 0.1) is 0 Å². The number of benzene rings is 1. The summed E-state index contributed by atoms with van der Waals surface area (Å²) in [5.74, 6) is 0.465. The molecular weight excluding hydrogens is 274 g/mol. The highest BCUT2D eigenvalue weighted by molar-refractivity contribution is 5.93. The van der Waals surface area contributed by atoms with E-state index in [9.17, 15) is 4.79 Å². The largest absolute Gasteiger partial charge is 0.325 e. The van der Waals surface area contributed by atoms with Crippen LogP contribution in [0.4, 0.5) is 5.69 Å². The molecule has 0 aromatic heterocycles. The molecule has 1 aromatic carbocycles. The van der Waals surface area contributed by atoms with Gasteiger partial charge < -0.3 is 10.6 Å². The number of para-hydroxylation sites is 1. The SMILES string of the molecule is CC(C)c1ccccc1NC(=O)CN(C)C1CNC1.Cl. The molecule has 20 heavy (non-hydrogen) atoms. The summed E-state index contributed by atoms with van der Waals surface area (Å²) in [6, 6.07) is 8.50. The Hall–Kier alpha value is -1.10. The highest BCUT2D eigenvalue weighted by Crippen LogP contribution is 2.23. The Labute approximate surface area is 127 Å². The molecule has 0 aliphatic carbocycles.